The van der Waals surface area contributed by atoms with Crippen molar-refractivity contribution in [2.24, 2.45) is 0 Å². The van der Waals surface area contributed by atoms with Gasteiger partial charge in [0.1, 0.15) is 5.75 Å². The zero-order valence-corrected chi connectivity index (χ0v) is 15.3. The molecule has 1 atom stereocenters. The number of halogens is 2. The van der Waals surface area contributed by atoms with Crippen LogP contribution in [0.3, 0.4) is 0 Å². The lowest BCUT2D eigenvalue weighted by Crippen LogP contribution is -2.37. The summed E-state index contributed by atoms with van der Waals surface area (Å²) in [7, 11) is 3.39. The number of nitrogens with one attached hydrogen (secondary N) is 1. The van der Waals surface area contributed by atoms with Crippen LogP contribution in [0.25, 0.3) is 0 Å². The van der Waals surface area contributed by atoms with E-state index < -0.39 is 11.6 Å². The Hall–Kier alpha value is -2.47. The number of benzene rings is 2. The third-order valence-electron chi connectivity index (χ3n) is 4.39. The van der Waals surface area contributed by atoms with Gasteiger partial charge in [0.05, 0.1) is 13.7 Å². The summed E-state index contributed by atoms with van der Waals surface area (Å²) in [5.41, 5.74) is 1.65. The number of likely N-dealkylation sites (N-methyl/N-ethyl adjacent to an activating group) is 1. The second kappa shape index (κ2) is 9.29. The minimum absolute atomic E-state index is 0.128. The lowest BCUT2D eigenvalue weighted by Gasteiger charge is -2.24. The van der Waals surface area contributed by atoms with Crippen LogP contribution in [0.4, 0.5) is 8.78 Å². The topological polar surface area (TPSA) is 41.6 Å². The van der Waals surface area contributed by atoms with Crippen LogP contribution in [0, 0.1) is 11.6 Å². The minimum atomic E-state index is -0.885. The molecule has 2 rings (SSSR count). The highest BCUT2D eigenvalue weighted by Crippen LogP contribution is 2.20. The quantitative estimate of drug-likeness (QED) is 0.783. The van der Waals surface area contributed by atoms with E-state index in [1.807, 2.05) is 31.2 Å². The Morgan fingerprint density at radius 1 is 1.19 bits per heavy atom. The highest BCUT2D eigenvalue weighted by atomic mass is 19.2. The van der Waals surface area contributed by atoms with E-state index in [0.29, 0.717) is 18.5 Å². The van der Waals surface area contributed by atoms with Gasteiger partial charge in [-0.1, -0.05) is 24.3 Å². The Morgan fingerprint density at radius 2 is 1.92 bits per heavy atom. The fourth-order valence-electron chi connectivity index (χ4n) is 2.69. The number of nitrogens with zero attached hydrogens (tertiary/aromatic N) is 1. The van der Waals surface area contributed by atoms with Crippen LogP contribution in [-0.2, 0) is 11.2 Å². The van der Waals surface area contributed by atoms with Gasteiger partial charge in [-0.3, -0.25) is 9.69 Å². The van der Waals surface area contributed by atoms with Gasteiger partial charge in [-0.2, -0.15) is 0 Å². The maximum absolute atomic E-state index is 13.4. The van der Waals surface area contributed by atoms with E-state index in [1.165, 1.54) is 6.07 Å². The van der Waals surface area contributed by atoms with Crippen LogP contribution >= 0.6 is 0 Å². The van der Waals surface area contributed by atoms with Gasteiger partial charge in [-0.05, 0) is 49.7 Å². The molecular formula is C20H24F2N2O2. The second-order valence-corrected chi connectivity index (χ2v) is 6.18. The summed E-state index contributed by atoms with van der Waals surface area (Å²) in [6.45, 7) is 2.49. The molecule has 0 aliphatic rings. The van der Waals surface area contributed by atoms with E-state index in [-0.39, 0.29) is 18.5 Å². The molecule has 140 valence electrons. The van der Waals surface area contributed by atoms with Crippen molar-refractivity contribution in [2.45, 2.75) is 19.4 Å². The van der Waals surface area contributed by atoms with E-state index in [2.05, 4.69) is 5.32 Å². The zero-order chi connectivity index (χ0) is 19.1. The largest absolute Gasteiger partial charge is 0.496 e. The number of para-hydroxylation sites is 1. The molecule has 2 aromatic rings. The molecule has 0 aliphatic carbocycles. The van der Waals surface area contributed by atoms with E-state index in [1.54, 1.807) is 19.1 Å². The number of carbonyl (C=O) groups excluding carboxylic acids is 1. The molecule has 0 aliphatic heterocycles. The number of ether oxygens (including phenoxy) is 1. The summed E-state index contributed by atoms with van der Waals surface area (Å²) in [5, 5.41) is 2.87. The highest BCUT2D eigenvalue weighted by molar-refractivity contribution is 5.78. The van der Waals surface area contributed by atoms with Crippen molar-refractivity contribution in [3.05, 3.63) is 65.2 Å². The molecule has 0 bridgehead atoms. The second-order valence-electron chi connectivity index (χ2n) is 6.18. The van der Waals surface area contributed by atoms with Crippen molar-refractivity contribution in [3.8, 4) is 5.75 Å². The first-order chi connectivity index (χ1) is 12.4. The van der Waals surface area contributed by atoms with Crippen molar-refractivity contribution in [2.75, 3.05) is 27.2 Å². The van der Waals surface area contributed by atoms with Crippen molar-refractivity contribution in [1.29, 1.82) is 0 Å². The monoisotopic (exact) mass is 362 g/mol. The fraction of sp³-hybridized carbons (Fsp3) is 0.350. The fourth-order valence-corrected chi connectivity index (χ4v) is 2.69. The lowest BCUT2D eigenvalue weighted by atomic mass is 10.1. The molecule has 0 fully saturated rings. The number of hydrogen-bond acceptors (Lipinski definition) is 3. The molecule has 1 N–H and O–H groups in total. The van der Waals surface area contributed by atoms with Gasteiger partial charge in [-0.15, -0.1) is 0 Å². The van der Waals surface area contributed by atoms with E-state index in [4.69, 9.17) is 4.74 Å². The van der Waals surface area contributed by atoms with Crippen molar-refractivity contribution < 1.29 is 18.3 Å². The molecule has 0 aromatic heterocycles. The normalized spacial score (nSPS) is 12.1. The van der Waals surface area contributed by atoms with E-state index in [9.17, 15) is 13.6 Å². The third-order valence-corrected chi connectivity index (χ3v) is 4.39. The summed E-state index contributed by atoms with van der Waals surface area (Å²) in [6.07, 6.45) is 0.665. The predicted molar refractivity (Wildman–Crippen MR) is 97.1 cm³/mol. The van der Waals surface area contributed by atoms with E-state index >= 15 is 0 Å². The van der Waals surface area contributed by atoms with Crippen LogP contribution < -0.4 is 10.1 Å². The number of hydrogen-bond donors (Lipinski definition) is 1. The molecule has 1 amide bonds. The van der Waals surface area contributed by atoms with Crippen LogP contribution in [0.2, 0.25) is 0 Å². The standard InChI is InChI=1S/C20H24F2N2O2/c1-14(16-8-9-17(21)18(22)12-16)24(2)13-20(25)23-11-10-15-6-4-5-7-19(15)26-3/h4-9,12,14H,10-11,13H2,1-3H3,(H,23,25). The molecule has 0 saturated carbocycles. The smallest absolute Gasteiger partial charge is 0.234 e. The average Bonchev–Trinajstić information content (AvgIpc) is 2.63. The molecule has 2 aromatic carbocycles. The summed E-state index contributed by atoms with van der Waals surface area (Å²) >= 11 is 0. The van der Waals surface area contributed by atoms with Gasteiger partial charge in [0.15, 0.2) is 11.6 Å². The third kappa shape index (κ3) is 5.26. The Labute approximate surface area is 152 Å². The maximum atomic E-state index is 13.4. The van der Waals surface area contributed by atoms with Crippen molar-refractivity contribution in [3.63, 3.8) is 0 Å². The Kier molecular flexibility index (Phi) is 7.09. The van der Waals surface area contributed by atoms with Crippen LogP contribution in [0.1, 0.15) is 24.1 Å². The molecule has 4 nitrogen and oxygen atoms in total. The van der Waals surface area contributed by atoms with Gasteiger partial charge in [0.2, 0.25) is 5.91 Å². The molecule has 0 heterocycles. The van der Waals surface area contributed by atoms with Crippen molar-refractivity contribution in [1.82, 2.24) is 10.2 Å². The minimum Gasteiger partial charge on any atom is -0.496 e. The molecule has 0 saturated heterocycles. The Balaban J connectivity index is 1.83. The van der Waals surface area contributed by atoms with E-state index in [0.717, 1.165) is 23.4 Å². The number of rotatable bonds is 8. The zero-order valence-electron chi connectivity index (χ0n) is 15.3. The molecule has 0 radical (unpaired) electrons. The first-order valence-electron chi connectivity index (χ1n) is 8.46. The Bertz CT molecular complexity index is 752. The number of methoxy groups -OCH3 is 1. The highest BCUT2D eigenvalue weighted by Gasteiger charge is 2.16. The summed E-state index contributed by atoms with van der Waals surface area (Å²) in [5.74, 6) is -1.09. The average molecular weight is 362 g/mol. The van der Waals surface area contributed by atoms with Crippen LogP contribution in [0.5, 0.6) is 5.75 Å². The predicted octanol–water partition coefficient (Wildman–Crippen LogP) is 3.33. The lowest BCUT2D eigenvalue weighted by molar-refractivity contribution is -0.122. The molecule has 26 heavy (non-hydrogen) atoms. The molecule has 6 heteroatoms. The van der Waals surface area contributed by atoms with Gasteiger partial charge in [0, 0.05) is 12.6 Å². The van der Waals surface area contributed by atoms with Crippen LogP contribution in [-0.4, -0.2) is 38.1 Å². The van der Waals surface area contributed by atoms with Crippen LogP contribution in [0.15, 0.2) is 42.5 Å². The van der Waals surface area contributed by atoms with Gasteiger partial charge >= 0.3 is 0 Å². The SMILES string of the molecule is COc1ccccc1CCNC(=O)CN(C)C(C)c1ccc(F)c(F)c1. The maximum Gasteiger partial charge on any atom is 0.234 e. The number of amides is 1. The first-order valence-corrected chi connectivity index (χ1v) is 8.46. The summed E-state index contributed by atoms with van der Waals surface area (Å²) in [4.78, 5) is 13.9. The molecular weight excluding hydrogens is 338 g/mol. The van der Waals surface area contributed by atoms with Gasteiger partial charge < -0.3 is 10.1 Å². The number of carbonyl (C=O) groups is 1. The summed E-state index contributed by atoms with van der Waals surface area (Å²) in [6, 6.07) is 11.2. The van der Waals surface area contributed by atoms with Gasteiger partial charge in [-0.25, -0.2) is 8.78 Å². The van der Waals surface area contributed by atoms with Crippen molar-refractivity contribution >= 4 is 5.91 Å². The Morgan fingerprint density at radius 3 is 2.62 bits per heavy atom. The molecule has 0 spiro atoms. The van der Waals surface area contributed by atoms with Gasteiger partial charge in [0.25, 0.3) is 0 Å². The summed E-state index contributed by atoms with van der Waals surface area (Å²) < 4.78 is 31.7. The molecule has 1 unspecified atom stereocenters. The first kappa shape index (κ1) is 19.8.